The summed E-state index contributed by atoms with van der Waals surface area (Å²) in [5.41, 5.74) is 1.38. The molecule has 0 N–H and O–H groups in total. The van der Waals surface area contributed by atoms with E-state index in [4.69, 9.17) is 0 Å². The van der Waals surface area contributed by atoms with Crippen LogP contribution in [0.3, 0.4) is 0 Å². The van der Waals surface area contributed by atoms with E-state index < -0.39 is 0 Å². The topological polar surface area (TPSA) is 3.88 Å². The standard InChI is InChI=1S/C11H14NS/c1-8(2)12-6-4-10-5-7-13-11(10)9(12)3/h4-8H,1-3H3/q+1. The van der Waals surface area contributed by atoms with Crippen molar-refractivity contribution in [2.24, 2.45) is 0 Å². The molecule has 68 valence electrons. The maximum absolute atomic E-state index is 2.32. The van der Waals surface area contributed by atoms with Crippen molar-refractivity contribution >= 4 is 21.4 Å². The minimum Gasteiger partial charge on any atom is -0.199 e. The highest BCUT2D eigenvalue weighted by Gasteiger charge is 2.13. The van der Waals surface area contributed by atoms with Crippen LogP contribution in [-0.4, -0.2) is 0 Å². The summed E-state index contributed by atoms with van der Waals surface area (Å²) in [7, 11) is 0. The Labute approximate surface area is 82.6 Å². The van der Waals surface area contributed by atoms with E-state index in [0.717, 1.165) is 0 Å². The van der Waals surface area contributed by atoms with Crippen LogP contribution in [0.15, 0.2) is 23.7 Å². The molecule has 0 atom stereocenters. The van der Waals surface area contributed by atoms with Crippen LogP contribution in [-0.2, 0) is 0 Å². The number of thiophene rings is 1. The van der Waals surface area contributed by atoms with Crippen molar-refractivity contribution in [3.05, 3.63) is 29.4 Å². The zero-order valence-corrected chi connectivity index (χ0v) is 9.06. The third-order valence-electron chi connectivity index (χ3n) is 2.38. The van der Waals surface area contributed by atoms with Crippen LogP contribution >= 0.6 is 11.3 Å². The van der Waals surface area contributed by atoms with Gasteiger partial charge in [-0.2, -0.15) is 4.57 Å². The Kier molecular flexibility index (Phi) is 2.08. The van der Waals surface area contributed by atoms with E-state index in [9.17, 15) is 0 Å². The van der Waals surface area contributed by atoms with Gasteiger partial charge in [-0.05, 0) is 25.3 Å². The van der Waals surface area contributed by atoms with Gasteiger partial charge in [0.25, 0.3) is 0 Å². The lowest BCUT2D eigenvalue weighted by molar-refractivity contribution is -0.720. The lowest BCUT2D eigenvalue weighted by Gasteiger charge is -2.03. The second-order valence-corrected chi connectivity index (χ2v) is 4.52. The normalized spacial score (nSPS) is 11.4. The van der Waals surface area contributed by atoms with Gasteiger partial charge < -0.3 is 0 Å². The SMILES string of the molecule is Cc1c2sccc2cc[n+]1C(C)C. The molecule has 13 heavy (non-hydrogen) atoms. The van der Waals surface area contributed by atoms with Crippen LogP contribution < -0.4 is 4.57 Å². The van der Waals surface area contributed by atoms with Crippen molar-refractivity contribution in [2.75, 3.05) is 0 Å². The molecule has 0 radical (unpaired) electrons. The first-order valence-electron chi connectivity index (χ1n) is 4.58. The minimum atomic E-state index is 0.548. The number of rotatable bonds is 1. The highest BCUT2D eigenvalue weighted by molar-refractivity contribution is 7.17. The van der Waals surface area contributed by atoms with Gasteiger partial charge in [-0.1, -0.05) is 0 Å². The number of pyridine rings is 1. The summed E-state index contributed by atoms with van der Waals surface area (Å²) >= 11 is 1.82. The average Bonchev–Trinajstić information content (AvgIpc) is 2.52. The molecular formula is C11H14NS+. The van der Waals surface area contributed by atoms with Gasteiger partial charge in [0.05, 0.1) is 0 Å². The third kappa shape index (κ3) is 1.35. The summed E-state index contributed by atoms with van der Waals surface area (Å²) < 4.78 is 3.73. The number of fused-ring (bicyclic) bond motifs is 1. The smallest absolute Gasteiger partial charge is 0.196 e. The van der Waals surface area contributed by atoms with Crippen molar-refractivity contribution in [1.82, 2.24) is 0 Å². The molecule has 1 nitrogen and oxygen atoms in total. The quantitative estimate of drug-likeness (QED) is 0.611. The van der Waals surface area contributed by atoms with Gasteiger partial charge in [0, 0.05) is 18.4 Å². The molecule has 0 fully saturated rings. The highest BCUT2D eigenvalue weighted by Crippen LogP contribution is 2.22. The van der Waals surface area contributed by atoms with E-state index in [-0.39, 0.29) is 0 Å². The zero-order valence-electron chi connectivity index (χ0n) is 8.24. The molecular weight excluding hydrogens is 178 g/mol. The van der Waals surface area contributed by atoms with Crippen LogP contribution in [0.5, 0.6) is 0 Å². The zero-order chi connectivity index (χ0) is 9.42. The summed E-state index contributed by atoms with van der Waals surface area (Å²) in [6, 6.07) is 4.92. The molecule has 0 aromatic carbocycles. The Balaban J connectivity index is 2.73. The Bertz CT molecular complexity index is 429. The summed E-state index contributed by atoms with van der Waals surface area (Å²) in [6.45, 7) is 6.62. The van der Waals surface area contributed by atoms with E-state index in [2.05, 4.69) is 49.0 Å². The third-order valence-corrected chi connectivity index (χ3v) is 3.42. The number of aromatic nitrogens is 1. The molecule has 2 rings (SSSR count). The molecule has 0 saturated heterocycles. The van der Waals surface area contributed by atoms with Crippen molar-refractivity contribution in [3.8, 4) is 0 Å². The van der Waals surface area contributed by atoms with Crippen LogP contribution in [0.25, 0.3) is 10.1 Å². The molecule has 2 heteroatoms. The van der Waals surface area contributed by atoms with Gasteiger partial charge >= 0.3 is 0 Å². The lowest BCUT2D eigenvalue weighted by Crippen LogP contribution is -2.38. The molecule has 0 bridgehead atoms. The number of hydrogen-bond acceptors (Lipinski definition) is 1. The van der Waals surface area contributed by atoms with E-state index in [1.807, 2.05) is 11.3 Å². The van der Waals surface area contributed by atoms with Gasteiger partial charge in [-0.25, -0.2) is 0 Å². The Morgan fingerprint density at radius 1 is 1.31 bits per heavy atom. The predicted octanol–water partition coefficient (Wildman–Crippen LogP) is 3.08. The fourth-order valence-electron chi connectivity index (χ4n) is 1.69. The van der Waals surface area contributed by atoms with E-state index in [0.29, 0.717) is 6.04 Å². The first-order valence-corrected chi connectivity index (χ1v) is 5.46. The number of aryl methyl sites for hydroxylation is 1. The van der Waals surface area contributed by atoms with Gasteiger partial charge in [0.15, 0.2) is 17.9 Å². The molecule has 0 aliphatic carbocycles. The molecule has 0 unspecified atom stereocenters. The molecule has 0 aliphatic rings. The lowest BCUT2D eigenvalue weighted by atomic mass is 10.2. The Hall–Kier alpha value is -0.890. The second kappa shape index (κ2) is 3.11. The maximum atomic E-state index is 2.32. The maximum Gasteiger partial charge on any atom is 0.196 e. The number of nitrogens with zero attached hydrogens (tertiary/aromatic N) is 1. The average molecular weight is 192 g/mol. The van der Waals surface area contributed by atoms with Gasteiger partial charge in [-0.3, -0.25) is 0 Å². The van der Waals surface area contributed by atoms with Gasteiger partial charge in [-0.15, -0.1) is 11.3 Å². The molecule has 0 aliphatic heterocycles. The van der Waals surface area contributed by atoms with Crippen molar-refractivity contribution in [2.45, 2.75) is 26.8 Å². The van der Waals surface area contributed by atoms with Gasteiger partial charge in [0.2, 0.25) is 0 Å². The fourth-order valence-corrected chi connectivity index (χ4v) is 2.59. The fraction of sp³-hybridized carbons (Fsp3) is 0.364. The first-order chi connectivity index (χ1) is 6.20. The minimum absolute atomic E-state index is 0.548. The van der Waals surface area contributed by atoms with Crippen LogP contribution in [0.2, 0.25) is 0 Å². The van der Waals surface area contributed by atoms with E-state index >= 15 is 0 Å². The van der Waals surface area contributed by atoms with Crippen molar-refractivity contribution < 1.29 is 4.57 Å². The van der Waals surface area contributed by atoms with Gasteiger partial charge in [0.1, 0.15) is 4.70 Å². The molecule has 0 saturated carbocycles. The largest absolute Gasteiger partial charge is 0.199 e. The molecule has 2 aromatic rings. The molecule has 2 aromatic heterocycles. The summed E-state index contributed by atoms with van der Waals surface area (Å²) in [5, 5.41) is 3.52. The number of hydrogen-bond donors (Lipinski definition) is 0. The van der Waals surface area contributed by atoms with Crippen molar-refractivity contribution in [3.63, 3.8) is 0 Å². The molecule has 0 amide bonds. The summed E-state index contributed by atoms with van der Waals surface area (Å²) in [5.74, 6) is 0. The van der Waals surface area contributed by atoms with Crippen LogP contribution in [0, 0.1) is 6.92 Å². The second-order valence-electron chi connectivity index (χ2n) is 3.61. The highest BCUT2D eigenvalue weighted by atomic mass is 32.1. The van der Waals surface area contributed by atoms with Crippen molar-refractivity contribution in [1.29, 1.82) is 0 Å². The van der Waals surface area contributed by atoms with E-state index in [1.165, 1.54) is 15.8 Å². The Morgan fingerprint density at radius 2 is 2.08 bits per heavy atom. The summed E-state index contributed by atoms with van der Waals surface area (Å²) in [4.78, 5) is 0. The predicted molar refractivity (Wildman–Crippen MR) is 57.1 cm³/mol. The monoisotopic (exact) mass is 192 g/mol. The molecule has 0 spiro atoms. The Morgan fingerprint density at radius 3 is 2.77 bits per heavy atom. The van der Waals surface area contributed by atoms with E-state index in [1.54, 1.807) is 0 Å². The summed E-state index contributed by atoms with van der Waals surface area (Å²) in [6.07, 6.45) is 2.18. The van der Waals surface area contributed by atoms with Crippen LogP contribution in [0.4, 0.5) is 0 Å². The molecule has 2 heterocycles. The first kappa shape index (κ1) is 8.70. The van der Waals surface area contributed by atoms with Crippen LogP contribution in [0.1, 0.15) is 25.6 Å².